The molecule has 0 bridgehead atoms. The summed E-state index contributed by atoms with van der Waals surface area (Å²) in [5, 5.41) is 6.00. The molecule has 4 aromatic rings. The molecule has 4 heterocycles. The van der Waals surface area contributed by atoms with E-state index in [1.165, 1.54) is 5.56 Å². The van der Waals surface area contributed by atoms with Gasteiger partial charge in [0.05, 0.1) is 18.3 Å². The Labute approximate surface area is 209 Å². The Morgan fingerprint density at radius 2 is 1.80 bits per heavy atom. The number of fused-ring (bicyclic) bond motifs is 1. The van der Waals surface area contributed by atoms with E-state index in [0.717, 1.165) is 42.0 Å². The van der Waals surface area contributed by atoms with Crippen LogP contribution in [0.15, 0.2) is 61.1 Å². The number of aromatic nitrogens is 4. The average molecular weight is 490 g/mol. The third-order valence-electron chi connectivity index (χ3n) is 6.20. The third kappa shape index (κ3) is 5.13. The van der Waals surface area contributed by atoms with Crippen molar-refractivity contribution in [1.29, 1.82) is 0 Å². The molecule has 1 aromatic carbocycles. The molecular weight excluding hydrogens is 462 g/mol. The number of halogens is 1. The highest BCUT2D eigenvalue weighted by atomic mass is 35.5. The zero-order valence-electron chi connectivity index (χ0n) is 19.9. The van der Waals surface area contributed by atoms with Crippen LogP contribution in [0.4, 0.5) is 5.82 Å². The maximum Gasteiger partial charge on any atom is 0.255 e. The van der Waals surface area contributed by atoms with E-state index in [2.05, 4.69) is 37.0 Å². The van der Waals surface area contributed by atoms with Crippen LogP contribution in [0.3, 0.4) is 0 Å². The second kappa shape index (κ2) is 10.0. The van der Waals surface area contributed by atoms with E-state index in [1.807, 2.05) is 55.5 Å². The Morgan fingerprint density at radius 1 is 1.00 bits per heavy atom. The van der Waals surface area contributed by atoms with E-state index < -0.39 is 0 Å². The lowest BCUT2D eigenvalue weighted by Crippen LogP contribution is -2.49. The van der Waals surface area contributed by atoms with Crippen LogP contribution in [0.1, 0.15) is 21.5 Å². The lowest BCUT2D eigenvalue weighted by atomic mass is 10.2. The molecule has 180 valence electrons. The number of anilines is 1. The SMILES string of the molecule is CN(C)Cc1ccc(N2CCN(C(=O)c3cnc4c(cnn4Cc4ccccc4Cl)c3)CC2)nc1. The van der Waals surface area contributed by atoms with Crippen molar-refractivity contribution < 1.29 is 4.79 Å². The van der Waals surface area contributed by atoms with Gasteiger partial charge in [0, 0.05) is 55.5 Å². The van der Waals surface area contributed by atoms with Crippen LogP contribution in [-0.2, 0) is 13.1 Å². The summed E-state index contributed by atoms with van der Waals surface area (Å²) in [6, 6.07) is 13.7. The Hall–Kier alpha value is -3.49. The Bertz CT molecular complexity index is 1330. The first kappa shape index (κ1) is 23.3. The minimum Gasteiger partial charge on any atom is -0.353 e. The van der Waals surface area contributed by atoms with Crippen molar-refractivity contribution in [3.8, 4) is 0 Å². The first-order valence-corrected chi connectivity index (χ1v) is 12.0. The van der Waals surface area contributed by atoms with E-state index in [-0.39, 0.29) is 5.91 Å². The standard InChI is InChI=1S/C26H28ClN7O/c1-31(2)17-19-7-8-24(28-14-19)32-9-11-33(12-10-32)26(35)22-13-21-16-30-34(25(21)29-15-22)18-20-5-3-4-6-23(20)27/h3-8,13-16H,9-12,17-18H2,1-2H3. The molecule has 0 aliphatic carbocycles. The summed E-state index contributed by atoms with van der Waals surface area (Å²) >= 11 is 6.30. The van der Waals surface area contributed by atoms with E-state index in [9.17, 15) is 4.79 Å². The fourth-order valence-corrected chi connectivity index (χ4v) is 4.57. The normalized spacial score (nSPS) is 14.2. The molecule has 9 heteroatoms. The maximum absolute atomic E-state index is 13.2. The molecule has 8 nitrogen and oxygen atoms in total. The van der Waals surface area contributed by atoms with Gasteiger partial charge in [0.25, 0.3) is 5.91 Å². The fraction of sp³-hybridized carbons (Fsp3) is 0.308. The summed E-state index contributed by atoms with van der Waals surface area (Å²) in [6.45, 7) is 4.17. The number of hydrogen-bond donors (Lipinski definition) is 0. The molecule has 1 saturated heterocycles. The summed E-state index contributed by atoms with van der Waals surface area (Å²) in [7, 11) is 4.09. The largest absolute Gasteiger partial charge is 0.353 e. The summed E-state index contributed by atoms with van der Waals surface area (Å²) in [5.74, 6) is 0.945. The van der Waals surface area contributed by atoms with Crippen LogP contribution < -0.4 is 4.90 Å². The number of piperazine rings is 1. The molecule has 1 amide bonds. The van der Waals surface area contributed by atoms with Gasteiger partial charge in [-0.2, -0.15) is 5.10 Å². The van der Waals surface area contributed by atoms with Crippen LogP contribution >= 0.6 is 11.6 Å². The third-order valence-corrected chi connectivity index (χ3v) is 6.57. The van der Waals surface area contributed by atoms with Gasteiger partial charge in [0.1, 0.15) is 5.82 Å². The zero-order valence-corrected chi connectivity index (χ0v) is 20.7. The molecular formula is C26H28ClN7O. The second-order valence-corrected chi connectivity index (χ2v) is 9.48. The van der Waals surface area contributed by atoms with Crippen LogP contribution in [0.2, 0.25) is 5.02 Å². The Balaban J connectivity index is 1.23. The molecule has 0 unspecified atom stereocenters. The minimum absolute atomic E-state index is 0.00723. The highest BCUT2D eigenvalue weighted by Crippen LogP contribution is 2.21. The van der Waals surface area contributed by atoms with Crippen LogP contribution in [0.25, 0.3) is 11.0 Å². The monoisotopic (exact) mass is 489 g/mol. The van der Waals surface area contributed by atoms with Gasteiger partial charge in [0.15, 0.2) is 5.65 Å². The van der Waals surface area contributed by atoms with Gasteiger partial charge in [-0.25, -0.2) is 14.6 Å². The minimum atomic E-state index is -0.00723. The van der Waals surface area contributed by atoms with Crippen molar-refractivity contribution in [1.82, 2.24) is 29.5 Å². The number of rotatable bonds is 6. The molecule has 1 aliphatic heterocycles. The van der Waals surface area contributed by atoms with Gasteiger partial charge in [0.2, 0.25) is 0 Å². The summed E-state index contributed by atoms with van der Waals surface area (Å²) in [6.07, 6.45) is 5.33. The van der Waals surface area contributed by atoms with Gasteiger partial charge in [-0.05, 0) is 43.4 Å². The van der Waals surface area contributed by atoms with Gasteiger partial charge < -0.3 is 14.7 Å². The highest BCUT2D eigenvalue weighted by molar-refractivity contribution is 6.31. The van der Waals surface area contributed by atoms with Crippen molar-refractivity contribution in [3.63, 3.8) is 0 Å². The first-order chi connectivity index (χ1) is 17.0. The number of hydrogen-bond acceptors (Lipinski definition) is 6. The molecule has 0 atom stereocenters. The zero-order chi connectivity index (χ0) is 24.4. The topological polar surface area (TPSA) is 70.4 Å². The smallest absolute Gasteiger partial charge is 0.255 e. The predicted molar refractivity (Wildman–Crippen MR) is 138 cm³/mol. The molecule has 3 aromatic heterocycles. The number of carbonyl (C=O) groups is 1. The van der Waals surface area contributed by atoms with Crippen LogP contribution in [0.5, 0.6) is 0 Å². The van der Waals surface area contributed by atoms with E-state index in [0.29, 0.717) is 30.2 Å². The van der Waals surface area contributed by atoms with Crippen molar-refractivity contribution >= 4 is 34.4 Å². The predicted octanol–water partition coefficient (Wildman–Crippen LogP) is 3.55. The van der Waals surface area contributed by atoms with Crippen molar-refractivity contribution in [3.05, 3.63) is 82.8 Å². The van der Waals surface area contributed by atoms with Crippen molar-refractivity contribution in [2.75, 3.05) is 45.2 Å². The maximum atomic E-state index is 13.2. The lowest BCUT2D eigenvalue weighted by Gasteiger charge is -2.35. The van der Waals surface area contributed by atoms with Crippen LogP contribution in [0, 0.1) is 0 Å². The first-order valence-electron chi connectivity index (χ1n) is 11.7. The number of nitrogens with zero attached hydrogens (tertiary/aromatic N) is 7. The Kier molecular flexibility index (Phi) is 6.66. The summed E-state index contributed by atoms with van der Waals surface area (Å²) in [5.41, 5.74) is 3.47. The molecule has 35 heavy (non-hydrogen) atoms. The van der Waals surface area contributed by atoms with Gasteiger partial charge >= 0.3 is 0 Å². The second-order valence-electron chi connectivity index (χ2n) is 9.07. The average Bonchev–Trinajstić information content (AvgIpc) is 3.27. The van der Waals surface area contributed by atoms with Gasteiger partial charge in [-0.15, -0.1) is 0 Å². The lowest BCUT2D eigenvalue weighted by molar-refractivity contribution is 0.0746. The molecule has 0 saturated carbocycles. The molecule has 0 radical (unpaired) electrons. The highest BCUT2D eigenvalue weighted by Gasteiger charge is 2.23. The quantitative estimate of drug-likeness (QED) is 0.412. The van der Waals surface area contributed by atoms with E-state index in [4.69, 9.17) is 11.6 Å². The number of carbonyl (C=O) groups excluding carboxylic acids is 1. The summed E-state index contributed by atoms with van der Waals surface area (Å²) < 4.78 is 1.81. The molecule has 5 rings (SSSR count). The van der Waals surface area contributed by atoms with Crippen molar-refractivity contribution in [2.24, 2.45) is 0 Å². The van der Waals surface area contributed by atoms with E-state index in [1.54, 1.807) is 17.1 Å². The van der Waals surface area contributed by atoms with E-state index >= 15 is 0 Å². The van der Waals surface area contributed by atoms with Gasteiger partial charge in [-0.3, -0.25) is 4.79 Å². The number of benzene rings is 1. The van der Waals surface area contributed by atoms with Crippen molar-refractivity contribution in [2.45, 2.75) is 13.1 Å². The molecule has 1 fully saturated rings. The Morgan fingerprint density at radius 3 is 2.51 bits per heavy atom. The van der Waals surface area contributed by atoms with Crippen LogP contribution in [-0.4, -0.2) is 75.7 Å². The molecule has 0 spiro atoms. The number of amides is 1. The fourth-order valence-electron chi connectivity index (χ4n) is 4.38. The number of pyridine rings is 2. The summed E-state index contributed by atoms with van der Waals surface area (Å²) in [4.78, 5) is 28.6. The van der Waals surface area contributed by atoms with Gasteiger partial charge in [-0.1, -0.05) is 35.9 Å². The molecule has 1 aliphatic rings. The molecule has 0 N–H and O–H groups in total.